The van der Waals surface area contributed by atoms with Gasteiger partial charge in [-0.15, -0.1) is 0 Å². The fraction of sp³-hybridized carbons (Fsp3) is 0.462. The van der Waals surface area contributed by atoms with Crippen molar-refractivity contribution in [2.45, 2.75) is 30.8 Å². The van der Waals surface area contributed by atoms with Gasteiger partial charge in [0, 0.05) is 22.5 Å². The molecule has 0 radical (unpaired) electrons. The Hall–Kier alpha value is -0.870. The maximum Gasteiger partial charge on any atom is 0.308 e. The van der Waals surface area contributed by atoms with Crippen LogP contribution in [0.5, 0.6) is 0 Å². The summed E-state index contributed by atoms with van der Waals surface area (Å²) in [5.41, 5.74) is 1.13. The number of carboxylic acid groups (broad SMARTS) is 1. The van der Waals surface area contributed by atoms with Crippen LogP contribution >= 0.6 is 15.9 Å². The number of carboxylic acids is 1. The smallest absolute Gasteiger partial charge is 0.308 e. The van der Waals surface area contributed by atoms with Gasteiger partial charge in [-0.1, -0.05) is 28.1 Å². The molecule has 0 spiro atoms. The van der Waals surface area contributed by atoms with Gasteiger partial charge in [-0.3, -0.25) is 4.79 Å². The van der Waals surface area contributed by atoms with Gasteiger partial charge in [0.25, 0.3) is 0 Å². The molecule has 1 aromatic rings. The van der Waals surface area contributed by atoms with Crippen LogP contribution in [0, 0.1) is 5.92 Å². The third-order valence-electron chi connectivity index (χ3n) is 3.99. The van der Waals surface area contributed by atoms with Gasteiger partial charge in [0.2, 0.25) is 0 Å². The number of carbonyl (C=O) groups is 1. The van der Waals surface area contributed by atoms with Gasteiger partial charge in [-0.05, 0) is 30.5 Å². The second-order valence-corrected chi connectivity index (χ2v) is 5.82. The fourth-order valence-corrected chi connectivity index (χ4v) is 3.76. The van der Waals surface area contributed by atoms with Gasteiger partial charge in [-0.25, -0.2) is 0 Å². The van der Waals surface area contributed by atoms with Crippen LogP contribution in [-0.2, 0) is 4.79 Å². The lowest BCUT2D eigenvalue weighted by molar-refractivity contribution is -0.142. The molecule has 0 amide bonds. The van der Waals surface area contributed by atoms with Gasteiger partial charge in [-0.2, -0.15) is 0 Å². The average Bonchev–Trinajstić information content (AvgIpc) is 2.88. The Balaban J connectivity index is 1.98. The molecule has 17 heavy (non-hydrogen) atoms. The molecule has 2 fully saturated rings. The number of hydrogen-bond acceptors (Lipinski definition) is 2. The zero-order valence-electron chi connectivity index (χ0n) is 9.27. The first-order chi connectivity index (χ1) is 8.16. The monoisotopic (exact) mass is 295 g/mol. The molecule has 4 unspecified atom stereocenters. The molecule has 0 aliphatic carbocycles. The van der Waals surface area contributed by atoms with Crippen LogP contribution in [0.25, 0.3) is 0 Å². The van der Waals surface area contributed by atoms with Crippen molar-refractivity contribution < 1.29 is 9.90 Å². The Labute approximate surface area is 108 Å². The maximum absolute atomic E-state index is 11.4. The number of aliphatic carboxylic acids is 1. The second kappa shape index (κ2) is 4.10. The van der Waals surface area contributed by atoms with Gasteiger partial charge in [0.15, 0.2) is 0 Å². The molecule has 3 nitrogen and oxygen atoms in total. The Kier molecular flexibility index (Phi) is 2.71. The predicted molar refractivity (Wildman–Crippen MR) is 68.0 cm³/mol. The van der Waals surface area contributed by atoms with E-state index >= 15 is 0 Å². The van der Waals surface area contributed by atoms with Crippen molar-refractivity contribution in [1.82, 2.24) is 5.32 Å². The summed E-state index contributed by atoms with van der Waals surface area (Å²) in [6, 6.07) is 8.51. The Morgan fingerprint density at radius 1 is 1.35 bits per heavy atom. The van der Waals surface area contributed by atoms with E-state index in [0.717, 1.165) is 22.9 Å². The summed E-state index contributed by atoms with van der Waals surface area (Å²) in [6.45, 7) is 0. The van der Waals surface area contributed by atoms with Crippen LogP contribution in [0.3, 0.4) is 0 Å². The van der Waals surface area contributed by atoms with Crippen molar-refractivity contribution >= 4 is 21.9 Å². The highest BCUT2D eigenvalue weighted by Gasteiger charge is 2.51. The van der Waals surface area contributed by atoms with Crippen LogP contribution in [0.2, 0.25) is 0 Å². The van der Waals surface area contributed by atoms with Crippen molar-refractivity contribution in [3.63, 3.8) is 0 Å². The van der Waals surface area contributed by atoms with Crippen molar-refractivity contribution in [2.24, 2.45) is 5.92 Å². The highest BCUT2D eigenvalue weighted by molar-refractivity contribution is 9.10. The van der Waals surface area contributed by atoms with E-state index in [-0.39, 0.29) is 17.9 Å². The molecule has 4 heteroatoms. The number of halogens is 1. The lowest BCUT2D eigenvalue weighted by Crippen LogP contribution is -2.32. The zero-order valence-corrected chi connectivity index (χ0v) is 10.9. The SMILES string of the molecule is O=C(O)C1C2CCC(N2)C1c1cccc(Br)c1. The molecule has 2 aliphatic heterocycles. The summed E-state index contributed by atoms with van der Waals surface area (Å²) in [5.74, 6) is -0.832. The zero-order chi connectivity index (χ0) is 12.0. The number of benzene rings is 1. The summed E-state index contributed by atoms with van der Waals surface area (Å²) in [4.78, 5) is 11.4. The molecule has 90 valence electrons. The average molecular weight is 296 g/mol. The first kappa shape index (κ1) is 11.2. The van der Waals surface area contributed by atoms with E-state index < -0.39 is 5.97 Å². The van der Waals surface area contributed by atoms with E-state index in [1.165, 1.54) is 0 Å². The minimum atomic E-state index is -0.672. The summed E-state index contributed by atoms with van der Waals surface area (Å²) >= 11 is 3.45. The van der Waals surface area contributed by atoms with Crippen LogP contribution in [0.15, 0.2) is 28.7 Å². The third-order valence-corrected chi connectivity index (χ3v) is 4.48. The topological polar surface area (TPSA) is 49.3 Å². The molecule has 2 saturated heterocycles. The minimum Gasteiger partial charge on any atom is -0.481 e. The van der Waals surface area contributed by atoms with Crippen molar-refractivity contribution in [3.05, 3.63) is 34.3 Å². The molecule has 2 N–H and O–H groups in total. The molecular formula is C13H14BrNO2. The quantitative estimate of drug-likeness (QED) is 0.881. The maximum atomic E-state index is 11.4. The number of fused-ring (bicyclic) bond motifs is 2. The van der Waals surface area contributed by atoms with Gasteiger partial charge in [0.1, 0.15) is 0 Å². The summed E-state index contributed by atoms with van der Waals surface area (Å²) in [7, 11) is 0. The van der Waals surface area contributed by atoms with E-state index in [9.17, 15) is 9.90 Å². The third kappa shape index (κ3) is 1.79. The van der Waals surface area contributed by atoms with Gasteiger partial charge >= 0.3 is 5.97 Å². The Morgan fingerprint density at radius 2 is 2.12 bits per heavy atom. The second-order valence-electron chi connectivity index (χ2n) is 4.90. The van der Waals surface area contributed by atoms with Gasteiger partial charge < -0.3 is 10.4 Å². The van der Waals surface area contributed by atoms with Crippen molar-refractivity contribution in [2.75, 3.05) is 0 Å². The Bertz CT molecular complexity index is 462. The molecule has 0 aromatic heterocycles. The van der Waals surface area contributed by atoms with E-state index in [1.807, 2.05) is 24.3 Å². The molecular weight excluding hydrogens is 282 g/mol. The molecule has 1 aromatic carbocycles. The highest BCUT2D eigenvalue weighted by Crippen LogP contribution is 2.45. The highest BCUT2D eigenvalue weighted by atomic mass is 79.9. The van der Waals surface area contributed by atoms with Crippen LogP contribution < -0.4 is 5.32 Å². The van der Waals surface area contributed by atoms with Gasteiger partial charge in [0.05, 0.1) is 5.92 Å². The molecule has 2 bridgehead atoms. The fourth-order valence-electron chi connectivity index (χ4n) is 3.35. The number of nitrogens with one attached hydrogen (secondary N) is 1. The molecule has 4 atom stereocenters. The van der Waals surface area contributed by atoms with E-state index in [1.54, 1.807) is 0 Å². The van der Waals surface area contributed by atoms with Crippen molar-refractivity contribution in [1.29, 1.82) is 0 Å². The number of hydrogen-bond donors (Lipinski definition) is 2. The Morgan fingerprint density at radius 3 is 2.82 bits per heavy atom. The predicted octanol–water partition coefficient (Wildman–Crippen LogP) is 2.37. The van der Waals surface area contributed by atoms with Crippen LogP contribution in [0.4, 0.5) is 0 Å². The minimum absolute atomic E-state index is 0.115. The summed E-state index contributed by atoms with van der Waals surface area (Å²) in [6.07, 6.45) is 2.08. The standard InChI is InChI=1S/C13H14BrNO2/c14-8-3-1-2-7(6-8)11-9-4-5-10(15-9)12(11)13(16)17/h1-3,6,9-12,15H,4-5H2,(H,16,17). The van der Waals surface area contributed by atoms with Crippen LogP contribution in [0.1, 0.15) is 24.3 Å². The summed E-state index contributed by atoms with van der Waals surface area (Å²) in [5, 5.41) is 12.8. The summed E-state index contributed by atoms with van der Waals surface area (Å²) < 4.78 is 1.02. The molecule has 3 rings (SSSR count). The largest absolute Gasteiger partial charge is 0.481 e. The van der Waals surface area contributed by atoms with Crippen molar-refractivity contribution in [3.8, 4) is 0 Å². The van der Waals surface area contributed by atoms with Crippen LogP contribution in [-0.4, -0.2) is 23.2 Å². The van der Waals surface area contributed by atoms with E-state index in [4.69, 9.17) is 0 Å². The lowest BCUT2D eigenvalue weighted by Gasteiger charge is -2.26. The van der Waals surface area contributed by atoms with E-state index in [2.05, 4.69) is 21.2 Å². The normalized spacial score (nSPS) is 35.1. The van der Waals surface area contributed by atoms with E-state index in [0.29, 0.717) is 6.04 Å². The molecule has 2 aliphatic rings. The lowest BCUT2D eigenvalue weighted by atomic mass is 9.75. The molecule has 2 heterocycles. The number of rotatable bonds is 2. The first-order valence-corrected chi connectivity index (χ1v) is 6.70. The molecule has 0 saturated carbocycles. The first-order valence-electron chi connectivity index (χ1n) is 5.91.